The molecule has 6 nitrogen and oxygen atoms in total. The van der Waals surface area contributed by atoms with Crippen LogP contribution in [0.25, 0.3) is 0 Å². The largest absolute Gasteiger partial charge is 0.394 e. The fraction of sp³-hybridized carbons (Fsp3) is 0.643. The molecule has 2 heterocycles. The molecular weight excluding hydrogens is 290 g/mol. The Morgan fingerprint density at radius 2 is 2.05 bits per heavy atom. The van der Waals surface area contributed by atoms with Crippen LogP contribution in [0.3, 0.4) is 0 Å². The van der Waals surface area contributed by atoms with Crippen LogP contribution in [0.5, 0.6) is 0 Å². The summed E-state index contributed by atoms with van der Waals surface area (Å²) in [6.45, 7) is 3.16. The Bertz CT molecular complexity index is 535. The third-order valence-electron chi connectivity index (χ3n) is 3.75. The van der Waals surface area contributed by atoms with E-state index in [4.69, 9.17) is 5.11 Å². The minimum Gasteiger partial charge on any atom is -0.394 e. The van der Waals surface area contributed by atoms with Crippen molar-refractivity contribution in [3.63, 3.8) is 0 Å². The highest BCUT2D eigenvalue weighted by Crippen LogP contribution is 2.20. The number of nitrogens with zero attached hydrogens (tertiary/aromatic N) is 2. The average molecular weight is 313 g/mol. The second-order valence-corrected chi connectivity index (χ2v) is 7.21. The summed E-state index contributed by atoms with van der Waals surface area (Å²) in [6.07, 6.45) is 5.08. The van der Waals surface area contributed by atoms with Crippen LogP contribution < -0.4 is 5.32 Å². The van der Waals surface area contributed by atoms with Crippen LogP contribution in [0.2, 0.25) is 0 Å². The first-order valence-corrected chi connectivity index (χ1v) is 8.85. The van der Waals surface area contributed by atoms with Gasteiger partial charge in [0.05, 0.1) is 12.6 Å². The maximum absolute atomic E-state index is 12.5. The summed E-state index contributed by atoms with van der Waals surface area (Å²) in [5.41, 5.74) is 0. The lowest BCUT2D eigenvalue weighted by atomic mass is 10.2. The van der Waals surface area contributed by atoms with E-state index in [0.29, 0.717) is 18.9 Å². The average Bonchev–Trinajstić information content (AvgIpc) is 2.54. The van der Waals surface area contributed by atoms with Gasteiger partial charge < -0.3 is 10.4 Å². The number of sulfonamides is 1. The van der Waals surface area contributed by atoms with Gasteiger partial charge in [0.2, 0.25) is 10.0 Å². The molecule has 1 saturated heterocycles. The van der Waals surface area contributed by atoms with Crippen molar-refractivity contribution in [2.45, 2.75) is 43.5 Å². The predicted octanol–water partition coefficient (Wildman–Crippen LogP) is 1.44. The molecule has 2 N–H and O–H groups in total. The SMILES string of the molecule is CCC(CO)Nc1ccc(S(=O)(=O)N2CCCCC2)cn1. The van der Waals surface area contributed by atoms with Gasteiger partial charge >= 0.3 is 0 Å². The quantitative estimate of drug-likeness (QED) is 0.830. The normalized spacial score (nSPS) is 18.4. The van der Waals surface area contributed by atoms with E-state index in [9.17, 15) is 8.42 Å². The Morgan fingerprint density at radius 1 is 1.33 bits per heavy atom. The standard InChI is InChI=1S/C14H23N3O3S/c1-2-12(11-18)16-14-7-6-13(10-15-14)21(19,20)17-8-4-3-5-9-17/h6-7,10,12,18H,2-5,8-9,11H2,1H3,(H,15,16). The lowest BCUT2D eigenvalue weighted by Crippen LogP contribution is -2.35. The lowest BCUT2D eigenvalue weighted by molar-refractivity contribution is 0.271. The topological polar surface area (TPSA) is 82.5 Å². The Kier molecular flexibility index (Phi) is 5.55. The summed E-state index contributed by atoms with van der Waals surface area (Å²) in [4.78, 5) is 4.38. The molecule has 118 valence electrons. The van der Waals surface area contributed by atoms with Gasteiger partial charge in [0, 0.05) is 19.3 Å². The Balaban J connectivity index is 2.10. The van der Waals surface area contributed by atoms with E-state index in [0.717, 1.165) is 25.7 Å². The molecule has 1 aliphatic heterocycles. The highest BCUT2D eigenvalue weighted by atomic mass is 32.2. The highest BCUT2D eigenvalue weighted by molar-refractivity contribution is 7.89. The summed E-state index contributed by atoms with van der Waals surface area (Å²) in [6, 6.07) is 3.15. The first-order valence-electron chi connectivity index (χ1n) is 7.41. The van der Waals surface area contributed by atoms with Gasteiger partial charge in [-0.15, -0.1) is 0 Å². The number of rotatable bonds is 6. The van der Waals surface area contributed by atoms with Crippen LogP contribution in [-0.2, 0) is 10.0 Å². The van der Waals surface area contributed by atoms with E-state index >= 15 is 0 Å². The van der Waals surface area contributed by atoms with E-state index in [1.54, 1.807) is 12.1 Å². The monoisotopic (exact) mass is 313 g/mol. The van der Waals surface area contributed by atoms with Gasteiger partial charge in [-0.2, -0.15) is 4.31 Å². The van der Waals surface area contributed by atoms with Gasteiger partial charge in [-0.05, 0) is 31.4 Å². The molecule has 1 aromatic heterocycles. The zero-order chi connectivity index (χ0) is 15.3. The third kappa shape index (κ3) is 3.93. The third-order valence-corrected chi connectivity index (χ3v) is 5.64. The predicted molar refractivity (Wildman–Crippen MR) is 81.6 cm³/mol. The molecule has 0 saturated carbocycles. The van der Waals surface area contributed by atoms with Gasteiger partial charge in [-0.1, -0.05) is 13.3 Å². The molecule has 0 spiro atoms. The molecular formula is C14H23N3O3S. The van der Waals surface area contributed by atoms with Crippen LogP contribution >= 0.6 is 0 Å². The molecule has 2 rings (SSSR count). The van der Waals surface area contributed by atoms with Crippen molar-refractivity contribution < 1.29 is 13.5 Å². The smallest absolute Gasteiger partial charge is 0.244 e. The number of anilines is 1. The van der Waals surface area contributed by atoms with Crippen molar-refractivity contribution in [3.8, 4) is 0 Å². The van der Waals surface area contributed by atoms with Gasteiger partial charge in [0.25, 0.3) is 0 Å². The first kappa shape index (κ1) is 16.2. The van der Waals surface area contributed by atoms with E-state index in [-0.39, 0.29) is 17.5 Å². The number of hydrogen-bond donors (Lipinski definition) is 2. The molecule has 0 bridgehead atoms. The summed E-state index contributed by atoms with van der Waals surface area (Å²) in [7, 11) is -3.42. The summed E-state index contributed by atoms with van der Waals surface area (Å²) >= 11 is 0. The van der Waals surface area contributed by atoms with Gasteiger partial charge in [-0.25, -0.2) is 13.4 Å². The number of hydrogen-bond acceptors (Lipinski definition) is 5. The minimum atomic E-state index is -3.42. The lowest BCUT2D eigenvalue weighted by Gasteiger charge is -2.25. The molecule has 0 radical (unpaired) electrons. The summed E-state index contributed by atoms with van der Waals surface area (Å²) in [5, 5.41) is 12.2. The number of nitrogens with one attached hydrogen (secondary N) is 1. The number of pyridine rings is 1. The highest BCUT2D eigenvalue weighted by Gasteiger charge is 2.26. The minimum absolute atomic E-state index is 0.0198. The van der Waals surface area contributed by atoms with Gasteiger partial charge in [0.1, 0.15) is 10.7 Å². The number of aromatic nitrogens is 1. The Hall–Kier alpha value is -1.18. The summed E-state index contributed by atoms with van der Waals surface area (Å²) < 4.78 is 26.4. The summed E-state index contributed by atoms with van der Waals surface area (Å²) in [5.74, 6) is 0.577. The van der Waals surface area contributed by atoms with Crippen LogP contribution in [0.4, 0.5) is 5.82 Å². The zero-order valence-electron chi connectivity index (χ0n) is 12.3. The fourth-order valence-electron chi connectivity index (χ4n) is 2.36. The van der Waals surface area contributed by atoms with Crippen molar-refractivity contribution in [3.05, 3.63) is 18.3 Å². The van der Waals surface area contributed by atoms with Crippen LogP contribution in [0.1, 0.15) is 32.6 Å². The van der Waals surface area contributed by atoms with E-state index in [1.807, 2.05) is 6.92 Å². The van der Waals surface area contributed by atoms with Crippen LogP contribution in [0.15, 0.2) is 23.2 Å². The number of aliphatic hydroxyl groups is 1. The molecule has 21 heavy (non-hydrogen) atoms. The van der Waals surface area contributed by atoms with Crippen molar-refractivity contribution in [2.75, 3.05) is 25.0 Å². The second kappa shape index (κ2) is 7.20. The maximum atomic E-state index is 12.5. The van der Waals surface area contributed by atoms with Crippen LogP contribution in [-0.4, -0.2) is 48.6 Å². The van der Waals surface area contributed by atoms with Gasteiger partial charge in [0.15, 0.2) is 0 Å². The number of aliphatic hydroxyl groups excluding tert-OH is 1. The van der Waals surface area contributed by atoms with Crippen molar-refractivity contribution >= 4 is 15.8 Å². The molecule has 1 atom stereocenters. The Morgan fingerprint density at radius 3 is 2.57 bits per heavy atom. The van der Waals surface area contributed by atoms with Gasteiger partial charge in [-0.3, -0.25) is 0 Å². The van der Waals surface area contributed by atoms with Crippen molar-refractivity contribution in [2.24, 2.45) is 0 Å². The van der Waals surface area contributed by atoms with Crippen LogP contribution in [0, 0.1) is 0 Å². The van der Waals surface area contributed by atoms with Crippen molar-refractivity contribution in [1.82, 2.24) is 9.29 Å². The van der Waals surface area contributed by atoms with E-state index in [1.165, 1.54) is 10.5 Å². The van der Waals surface area contributed by atoms with E-state index < -0.39 is 10.0 Å². The Labute approximate surface area is 126 Å². The fourth-order valence-corrected chi connectivity index (χ4v) is 3.82. The molecule has 0 aliphatic carbocycles. The first-order chi connectivity index (χ1) is 10.1. The molecule has 0 amide bonds. The molecule has 1 aliphatic rings. The molecule has 1 unspecified atom stereocenters. The molecule has 0 aromatic carbocycles. The molecule has 1 aromatic rings. The zero-order valence-corrected chi connectivity index (χ0v) is 13.1. The molecule has 1 fully saturated rings. The second-order valence-electron chi connectivity index (χ2n) is 5.28. The van der Waals surface area contributed by atoms with E-state index in [2.05, 4.69) is 10.3 Å². The number of piperidine rings is 1. The maximum Gasteiger partial charge on any atom is 0.244 e. The van der Waals surface area contributed by atoms with Crippen molar-refractivity contribution in [1.29, 1.82) is 0 Å². The molecule has 7 heteroatoms.